The van der Waals surface area contributed by atoms with E-state index in [1.807, 2.05) is 40.1 Å². The number of nitrogens with zero attached hydrogens (tertiary/aromatic N) is 4. The smallest absolute Gasteiger partial charge is 0.318 e. The van der Waals surface area contributed by atoms with Crippen LogP contribution < -0.4 is 19.5 Å². The molecule has 53 heavy (non-hydrogen) atoms. The molecule has 3 heterocycles. The Kier molecular flexibility index (Phi) is 11.7. The topological polar surface area (TPSA) is 124 Å². The minimum atomic E-state index is -0.865. The fourth-order valence-corrected chi connectivity index (χ4v) is 8.18. The van der Waals surface area contributed by atoms with Crippen LogP contribution >= 0.6 is 0 Å². The fourth-order valence-electron chi connectivity index (χ4n) is 8.18. The summed E-state index contributed by atoms with van der Waals surface area (Å²) in [6.45, 7) is 5.27. The van der Waals surface area contributed by atoms with Gasteiger partial charge in [-0.25, -0.2) is 9.18 Å². The summed E-state index contributed by atoms with van der Waals surface area (Å²) in [6.07, 6.45) is 2.93. The normalized spacial score (nSPS) is 20.5. The average molecular weight is 732 g/mol. The molecule has 2 N–H and O–H groups in total. The number of urea groups is 1. The van der Waals surface area contributed by atoms with Crippen molar-refractivity contribution >= 4 is 17.9 Å². The molecule has 13 heteroatoms. The molecule has 3 amide bonds. The molecule has 284 valence electrons. The minimum Gasteiger partial charge on any atom is -0.493 e. The number of carbonyl (C=O) groups excluding carboxylic acids is 2. The van der Waals surface area contributed by atoms with Crippen LogP contribution in [-0.2, 0) is 15.7 Å². The number of hydrogen-bond acceptors (Lipinski definition) is 8. The molecule has 3 aromatic rings. The molecule has 3 fully saturated rings. The summed E-state index contributed by atoms with van der Waals surface area (Å²) in [5.41, 5.74) is 1.59. The van der Waals surface area contributed by atoms with E-state index in [1.165, 1.54) is 33.5 Å². The standard InChI is InChI=1S/C40H50FN5O7/c1-51-33-25-29(26-34(52-2)36(33)53-3)37(49)46-20-14-39(28-46,30-9-11-32(41)12-10-30)13-17-43-18-15-40(16-19-43,31-7-5-4-6-8-31)42-38(50)45-23-21-44(22-24-45)27-35(47)48/h4-12,25-26H,13-24,27-28H2,1-3H3,(H,42,50)(H,47,48). The van der Waals surface area contributed by atoms with Crippen LogP contribution in [0.2, 0.25) is 0 Å². The second kappa shape index (κ2) is 16.4. The van der Waals surface area contributed by atoms with Crippen LogP contribution in [0.15, 0.2) is 66.7 Å². The molecule has 3 saturated heterocycles. The third kappa shape index (κ3) is 8.36. The first-order chi connectivity index (χ1) is 25.6. The Morgan fingerprint density at radius 2 is 1.40 bits per heavy atom. The molecule has 3 aliphatic rings. The lowest BCUT2D eigenvalue weighted by atomic mass is 9.76. The van der Waals surface area contributed by atoms with Gasteiger partial charge >= 0.3 is 12.0 Å². The van der Waals surface area contributed by atoms with Crippen molar-refractivity contribution in [3.05, 3.63) is 89.2 Å². The van der Waals surface area contributed by atoms with Gasteiger partial charge in [-0.15, -0.1) is 0 Å². The van der Waals surface area contributed by atoms with Crippen molar-refractivity contribution in [3.63, 3.8) is 0 Å². The third-order valence-corrected chi connectivity index (χ3v) is 11.3. The number of methoxy groups -OCH3 is 3. The van der Waals surface area contributed by atoms with E-state index in [9.17, 15) is 18.8 Å². The van der Waals surface area contributed by atoms with Crippen molar-refractivity contribution in [3.8, 4) is 17.2 Å². The Morgan fingerprint density at radius 1 is 0.755 bits per heavy atom. The second-order valence-electron chi connectivity index (χ2n) is 14.3. The van der Waals surface area contributed by atoms with E-state index in [-0.39, 0.29) is 29.7 Å². The van der Waals surface area contributed by atoms with E-state index in [2.05, 4.69) is 22.3 Å². The molecular formula is C40H50FN5O7. The van der Waals surface area contributed by atoms with Gasteiger partial charge in [0.05, 0.1) is 33.4 Å². The Hall–Kier alpha value is -4.88. The van der Waals surface area contributed by atoms with Gasteiger partial charge in [-0.05, 0) is 67.6 Å². The maximum Gasteiger partial charge on any atom is 0.318 e. The van der Waals surface area contributed by atoms with Gasteiger partial charge in [0.15, 0.2) is 11.5 Å². The SMILES string of the molecule is COc1cc(C(=O)N2CCC(CCN3CCC(NC(=O)N4CCN(CC(=O)O)CC4)(c4ccccc4)CC3)(c3ccc(F)cc3)C2)cc(OC)c1OC. The van der Waals surface area contributed by atoms with Crippen molar-refractivity contribution in [2.75, 3.05) is 86.8 Å². The van der Waals surface area contributed by atoms with Crippen molar-refractivity contribution in [2.24, 2.45) is 0 Å². The van der Waals surface area contributed by atoms with Gasteiger partial charge < -0.3 is 39.3 Å². The molecule has 0 spiro atoms. The summed E-state index contributed by atoms with van der Waals surface area (Å²) < 4.78 is 30.6. The highest BCUT2D eigenvalue weighted by atomic mass is 19.1. The number of rotatable bonds is 12. The van der Waals surface area contributed by atoms with Crippen LogP contribution in [-0.4, -0.2) is 129 Å². The maximum absolute atomic E-state index is 14.1. The predicted octanol–water partition coefficient (Wildman–Crippen LogP) is 4.43. The highest BCUT2D eigenvalue weighted by Gasteiger charge is 2.43. The molecule has 6 rings (SSSR count). The molecule has 0 bridgehead atoms. The van der Waals surface area contributed by atoms with Gasteiger partial charge in [-0.1, -0.05) is 42.5 Å². The molecular weight excluding hydrogens is 681 g/mol. The van der Waals surface area contributed by atoms with Gasteiger partial charge in [-0.3, -0.25) is 14.5 Å². The molecule has 3 aromatic carbocycles. The van der Waals surface area contributed by atoms with Gasteiger partial charge in [0.25, 0.3) is 5.91 Å². The number of carbonyl (C=O) groups is 3. The van der Waals surface area contributed by atoms with E-state index in [4.69, 9.17) is 19.3 Å². The summed E-state index contributed by atoms with van der Waals surface area (Å²) in [4.78, 5) is 46.7. The lowest BCUT2D eigenvalue weighted by molar-refractivity contribution is -0.138. The fraction of sp³-hybridized carbons (Fsp3) is 0.475. The highest BCUT2D eigenvalue weighted by molar-refractivity contribution is 5.96. The predicted molar refractivity (Wildman–Crippen MR) is 197 cm³/mol. The Balaban J connectivity index is 1.15. The number of benzene rings is 3. The number of aliphatic carboxylic acids is 1. The molecule has 0 saturated carbocycles. The zero-order valence-corrected chi connectivity index (χ0v) is 30.8. The first-order valence-corrected chi connectivity index (χ1v) is 18.2. The lowest BCUT2D eigenvalue weighted by Gasteiger charge is -2.45. The average Bonchev–Trinajstić information content (AvgIpc) is 3.62. The van der Waals surface area contributed by atoms with Crippen LogP contribution in [0.5, 0.6) is 17.2 Å². The van der Waals surface area contributed by atoms with E-state index in [1.54, 1.807) is 17.0 Å². The van der Waals surface area contributed by atoms with Crippen LogP contribution in [0.3, 0.4) is 0 Å². The number of carboxylic acid groups (broad SMARTS) is 1. The number of hydrogen-bond donors (Lipinski definition) is 2. The summed E-state index contributed by atoms with van der Waals surface area (Å²) in [5, 5.41) is 12.6. The Bertz CT molecular complexity index is 1720. The Labute approximate surface area is 310 Å². The van der Waals surface area contributed by atoms with Gasteiger partial charge in [0, 0.05) is 63.3 Å². The number of likely N-dealkylation sites (tertiary alicyclic amines) is 2. The third-order valence-electron chi connectivity index (χ3n) is 11.3. The van der Waals surface area contributed by atoms with E-state index in [0.717, 1.165) is 56.4 Å². The van der Waals surface area contributed by atoms with E-state index >= 15 is 0 Å². The van der Waals surface area contributed by atoms with Crippen molar-refractivity contribution in [1.29, 1.82) is 0 Å². The number of ether oxygens (including phenoxy) is 3. The summed E-state index contributed by atoms with van der Waals surface area (Å²) >= 11 is 0. The van der Waals surface area contributed by atoms with E-state index in [0.29, 0.717) is 62.1 Å². The molecule has 0 aromatic heterocycles. The molecule has 0 radical (unpaired) electrons. The highest BCUT2D eigenvalue weighted by Crippen LogP contribution is 2.42. The van der Waals surface area contributed by atoms with Gasteiger partial charge in [-0.2, -0.15) is 0 Å². The van der Waals surface area contributed by atoms with E-state index < -0.39 is 11.5 Å². The first-order valence-electron chi connectivity index (χ1n) is 18.2. The number of amides is 3. The van der Waals surface area contributed by atoms with Crippen LogP contribution in [0.1, 0.15) is 47.2 Å². The first kappa shape index (κ1) is 37.9. The number of halogens is 1. The lowest BCUT2D eigenvalue weighted by Crippen LogP contribution is -2.59. The molecule has 1 atom stereocenters. The van der Waals surface area contributed by atoms with Gasteiger partial charge in [0.1, 0.15) is 5.82 Å². The Morgan fingerprint density at radius 3 is 1.98 bits per heavy atom. The number of piperidine rings is 1. The van der Waals surface area contributed by atoms with Crippen LogP contribution in [0, 0.1) is 5.82 Å². The largest absolute Gasteiger partial charge is 0.493 e. The number of piperazine rings is 1. The molecule has 3 aliphatic heterocycles. The zero-order valence-electron chi connectivity index (χ0n) is 30.8. The minimum absolute atomic E-state index is 0.0246. The maximum atomic E-state index is 14.1. The summed E-state index contributed by atoms with van der Waals surface area (Å²) in [7, 11) is 4.56. The van der Waals surface area contributed by atoms with Crippen LogP contribution in [0.25, 0.3) is 0 Å². The molecule has 0 aliphatic carbocycles. The second-order valence-corrected chi connectivity index (χ2v) is 14.3. The van der Waals surface area contributed by atoms with Gasteiger partial charge in [0.2, 0.25) is 5.75 Å². The van der Waals surface area contributed by atoms with Crippen molar-refractivity contribution in [2.45, 2.75) is 36.6 Å². The summed E-state index contributed by atoms with van der Waals surface area (Å²) in [5.74, 6) is -0.0733. The molecule has 1 unspecified atom stereocenters. The van der Waals surface area contributed by atoms with Crippen LogP contribution in [0.4, 0.5) is 9.18 Å². The quantitative estimate of drug-likeness (QED) is 0.279. The number of nitrogens with one attached hydrogen (secondary N) is 1. The zero-order chi connectivity index (χ0) is 37.6. The number of carboxylic acids is 1. The molecule has 12 nitrogen and oxygen atoms in total. The summed E-state index contributed by atoms with van der Waals surface area (Å²) in [6, 6.07) is 20.0. The van der Waals surface area contributed by atoms with Crippen molar-refractivity contribution in [1.82, 2.24) is 24.9 Å². The monoisotopic (exact) mass is 731 g/mol. The van der Waals surface area contributed by atoms with Crippen molar-refractivity contribution < 1.29 is 38.1 Å².